The molecule has 0 saturated carbocycles. The van der Waals surface area contributed by atoms with Crippen molar-refractivity contribution in [3.63, 3.8) is 0 Å². The van der Waals surface area contributed by atoms with Gasteiger partial charge < -0.3 is 16.0 Å². The van der Waals surface area contributed by atoms with E-state index in [4.69, 9.17) is 23.8 Å². The number of anilines is 2. The fraction of sp³-hybridized carbons (Fsp3) is 0.125. The Morgan fingerprint density at radius 1 is 1.09 bits per heavy atom. The van der Waals surface area contributed by atoms with Gasteiger partial charge in [-0.25, -0.2) is 0 Å². The molecule has 0 atom stereocenters. The molecule has 0 saturated heterocycles. The predicted molar refractivity (Wildman–Crippen MR) is 95.7 cm³/mol. The lowest BCUT2D eigenvalue weighted by Gasteiger charge is -2.10. The van der Waals surface area contributed by atoms with Crippen LogP contribution in [-0.2, 0) is 0 Å². The summed E-state index contributed by atoms with van der Waals surface area (Å²) in [6.07, 6.45) is 0. The topological polar surface area (TPSA) is 53.2 Å². The van der Waals surface area contributed by atoms with Crippen molar-refractivity contribution in [1.29, 1.82) is 0 Å². The molecule has 3 N–H and O–H groups in total. The summed E-state index contributed by atoms with van der Waals surface area (Å²) >= 11 is 11.0. The first-order chi connectivity index (χ1) is 10.6. The van der Waals surface area contributed by atoms with Crippen molar-refractivity contribution in [2.24, 2.45) is 0 Å². The molecule has 0 radical (unpaired) electrons. The molecular weight excluding hydrogens is 318 g/mol. The van der Waals surface area contributed by atoms with E-state index in [0.717, 1.165) is 12.2 Å². The third-order valence-corrected chi connectivity index (χ3v) is 3.28. The molecule has 0 aliphatic carbocycles. The number of carbonyl (C=O) groups excluding carboxylic acids is 1. The molecule has 2 rings (SSSR count). The van der Waals surface area contributed by atoms with Gasteiger partial charge in [-0.3, -0.25) is 4.79 Å². The SMILES string of the molecule is CCNC(=S)Nc1cccc(C(=O)Nc2cccc(Cl)c2)c1. The van der Waals surface area contributed by atoms with Crippen molar-refractivity contribution in [1.82, 2.24) is 5.32 Å². The molecule has 0 heterocycles. The van der Waals surface area contributed by atoms with Gasteiger partial charge in [0.2, 0.25) is 0 Å². The van der Waals surface area contributed by atoms with Gasteiger partial charge in [0.25, 0.3) is 5.91 Å². The highest BCUT2D eigenvalue weighted by atomic mass is 35.5. The number of nitrogens with one attached hydrogen (secondary N) is 3. The number of hydrogen-bond donors (Lipinski definition) is 3. The fourth-order valence-corrected chi connectivity index (χ4v) is 2.30. The van der Waals surface area contributed by atoms with Gasteiger partial charge in [-0.05, 0) is 55.5 Å². The molecule has 2 aromatic rings. The van der Waals surface area contributed by atoms with Crippen molar-refractivity contribution in [3.05, 3.63) is 59.1 Å². The van der Waals surface area contributed by atoms with Gasteiger partial charge >= 0.3 is 0 Å². The summed E-state index contributed by atoms with van der Waals surface area (Å²) in [5.74, 6) is -0.208. The zero-order valence-corrected chi connectivity index (χ0v) is 13.6. The Morgan fingerprint density at radius 3 is 2.45 bits per heavy atom. The molecule has 22 heavy (non-hydrogen) atoms. The van der Waals surface area contributed by atoms with E-state index in [0.29, 0.717) is 21.4 Å². The zero-order chi connectivity index (χ0) is 15.9. The van der Waals surface area contributed by atoms with Crippen LogP contribution in [0.1, 0.15) is 17.3 Å². The van der Waals surface area contributed by atoms with Crippen LogP contribution < -0.4 is 16.0 Å². The third-order valence-electron chi connectivity index (χ3n) is 2.80. The molecule has 2 aromatic carbocycles. The summed E-state index contributed by atoms with van der Waals surface area (Å²) in [6.45, 7) is 2.70. The Bertz CT molecular complexity index is 691. The first kappa shape index (κ1) is 16.3. The molecule has 0 fully saturated rings. The molecule has 0 aliphatic heterocycles. The second-order valence-electron chi connectivity index (χ2n) is 4.53. The Balaban J connectivity index is 2.08. The zero-order valence-electron chi connectivity index (χ0n) is 12.0. The van der Waals surface area contributed by atoms with Crippen LogP contribution in [0.25, 0.3) is 0 Å². The number of hydrogen-bond acceptors (Lipinski definition) is 2. The van der Waals surface area contributed by atoms with Gasteiger partial charge in [-0.2, -0.15) is 0 Å². The average Bonchev–Trinajstić information content (AvgIpc) is 2.47. The smallest absolute Gasteiger partial charge is 0.255 e. The van der Waals surface area contributed by atoms with Gasteiger partial charge in [-0.1, -0.05) is 23.7 Å². The van der Waals surface area contributed by atoms with E-state index >= 15 is 0 Å². The first-order valence-corrected chi connectivity index (χ1v) is 7.59. The van der Waals surface area contributed by atoms with Crippen molar-refractivity contribution >= 4 is 46.2 Å². The quantitative estimate of drug-likeness (QED) is 0.743. The third kappa shape index (κ3) is 4.72. The second-order valence-corrected chi connectivity index (χ2v) is 5.37. The lowest BCUT2D eigenvalue weighted by Crippen LogP contribution is -2.28. The van der Waals surface area contributed by atoms with Crippen molar-refractivity contribution < 1.29 is 4.79 Å². The number of halogens is 1. The number of carbonyl (C=O) groups is 1. The van der Waals surface area contributed by atoms with Crippen LogP contribution in [-0.4, -0.2) is 17.6 Å². The predicted octanol–water partition coefficient (Wildman–Crippen LogP) is 3.90. The van der Waals surface area contributed by atoms with Crippen LogP contribution in [0.5, 0.6) is 0 Å². The molecule has 1 amide bonds. The first-order valence-electron chi connectivity index (χ1n) is 6.80. The van der Waals surface area contributed by atoms with Crippen molar-refractivity contribution in [2.45, 2.75) is 6.92 Å². The largest absolute Gasteiger partial charge is 0.363 e. The van der Waals surface area contributed by atoms with E-state index in [9.17, 15) is 4.79 Å². The van der Waals surface area contributed by atoms with Crippen LogP contribution in [0, 0.1) is 0 Å². The molecule has 0 aliphatic rings. The lowest BCUT2D eigenvalue weighted by molar-refractivity contribution is 0.102. The summed E-state index contributed by atoms with van der Waals surface area (Å²) in [5.41, 5.74) is 1.94. The van der Waals surface area contributed by atoms with Crippen LogP contribution in [0.2, 0.25) is 5.02 Å². The minimum Gasteiger partial charge on any atom is -0.363 e. The minimum atomic E-state index is -0.208. The number of benzene rings is 2. The molecule has 4 nitrogen and oxygen atoms in total. The molecule has 6 heteroatoms. The Hall–Kier alpha value is -2.11. The molecule has 0 bridgehead atoms. The maximum Gasteiger partial charge on any atom is 0.255 e. The van der Waals surface area contributed by atoms with E-state index < -0.39 is 0 Å². The minimum absolute atomic E-state index is 0.208. The van der Waals surface area contributed by atoms with E-state index in [-0.39, 0.29) is 5.91 Å². The van der Waals surface area contributed by atoms with Crippen LogP contribution >= 0.6 is 23.8 Å². The molecule has 0 spiro atoms. The van der Waals surface area contributed by atoms with Gasteiger partial charge in [-0.15, -0.1) is 0 Å². The van der Waals surface area contributed by atoms with Crippen LogP contribution in [0.4, 0.5) is 11.4 Å². The summed E-state index contributed by atoms with van der Waals surface area (Å²) in [5, 5.41) is 9.93. The maximum atomic E-state index is 12.3. The highest BCUT2D eigenvalue weighted by Crippen LogP contribution is 2.17. The van der Waals surface area contributed by atoms with E-state index in [1.807, 2.05) is 13.0 Å². The number of rotatable bonds is 4. The number of amides is 1. The van der Waals surface area contributed by atoms with Crippen molar-refractivity contribution in [2.75, 3.05) is 17.2 Å². The van der Waals surface area contributed by atoms with E-state index in [2.05, 4.69) is 16.0 Å². The monoisotopic (exact) mass is 333 g/mol. The van der Waals surface area contributed by atoms with E-state index in [1.165, 1.54) is 0 Å². The van der Waals surface area contributed by atoms with Crippen molar-refractivity contribution in [3.8, 4) is 0 Å². The standard InChI is InChI=1S/C16H16ClN3OS/c1-2-18-16(22)20-13-7-3-5-11(9-13)15(21)19-14-8-4-6-12(17)10-14/h3-10H,2H2,1H3,(H,19,21)(H2,18,20,22). The Kier molecular flexibility index (Phi) is 5.75. The summed E-state index contributed by atoms with van der Waals surface area (Å²) < 4.78 is 0. The summed E-state index contributed by atoms with van der Waals surface area (Å²) in [6, 6.07) is 14.1. The fourth-order valence-electron chi connectivity index (χ4n) is 1.84. The van der Waals surface area contributed by atoms with Gasteiger partial charge in [0.1, 0.15) is 0 Å². The maximum absolute atomic E-state index is 12.3. The summed E-state index contributed by atoms with van der Waals surface area (Å²) in [4.78, 5) is 12.3. The number of thiocarbonyl (C=S) groups is 1. The van der Waals surface area contributed by atoms with Crippen LogP contribution in [0.3, 0.4) is 0 Å². The average molecular weight is 334 g/mol. The highest BCUT2D eigenvalue weighted by Gasteiger charge is 2.07. The Labute approximate surface area is 139 Å². The van der Waals surface area contributed by atoms with Gasteiger partial charge in [0, 0.05) is 28.5 Å². The van der Waals surface area contributed by atoms with Crippen LogP contribution in [0.15, 0.2) is 48.5 Å². The highest BCUT2D eigenvalue weighted by molar-refractivity contribution is 7.80. The van der Waals surface area contributed by atoms with Gasteiger partial charge in [0.15, 0.2) is 5.11 Å². The molecule has 0 unspecified atom stereocenters. The summed E-state index contributed by atoms with van der Waals surface area (Å²) in [7, 11) is 0. The molecule has 0 aromatic heterocycles. The molecule has 114 valence electrons. The second kappa shape index (κ2) is 7.77. The molecular formula is C16H16ClN3OS. The van der Waals surface area contributed by atoms with Gasteiger partial charge in [0.05, 0.1) is 0 Å². The normalized spacial score (nSPS) is 9.91. The van der Waals surface area contributed by atoms with E-state index in [1.54, 1.807) is 42.5 Å². The lowest BCUT2D eigenvalue weighted by atomic mass is 10.2. The Morgan fingerprint density at radius 2 is 1.77 bits per heavy atom.